The predicted molar refractivity (Wildman–Crippen MR) is 88.8 cm³/mol. The number of esters is 1. The molecule has 0 saturated heterocycles. The van der Waals surface area contributed by atoms with Gasteiger partial charge < -0.3 is 14.2 Å². The van der Waals surface area contributed by atoms with Crippen molar-refractivity contribution in [2.45, 2.75) is 39.2 Å². The van der Waals surface area contributed by atoms with E-state index in [4.69, 9.17) is 9.26 Å². The third-order valence-corrected chi connectivity index (χ3v) is 5.48. The van der Waals surface area contributed by atoms with Gasteiger partial charge in [-0.15, -0.1) is 11.3 Å². The number of thiophene rings is 1. The summed E-state index contributed by atoms with van der Waals surface area (Å²) in [5.74, 6) is 0.297. The topological polar surface area (TPSA) is 72.6 Å². The van der Waals surface area contributed by atoms with Crippen LogP contribution in [0.3, 0.4) is 0 Å². The Hall–Kier alpha value is -2.15. The Morgan fingerprint density at radius 1 is 1.46 bits per heavy atom. The molecule has 1 atom stereocenters. The summed E-state index contributed by atoms with van der Waals surface area (Å²) in [5, 5.41) is 5.87. The van der Waals surface area contributed by atoms with E-state index in [2.05, 4.69) is 5.16 Å². The summed E-state index contributed by atoms with van der Waals surface area (Å²) in [5.41, 5.74) is 2.67. The average Bonchev–Trinajstić information content (AvgIpc) is 3.18. The van der Waals surface area contributed by atoms with Crippen LogP contribution in [0.15, 0.2) is 16.0 Å². The van der Waals surface area contributed by atoms with Crippen molar-refractivity contribution < 1.29 is 18.8 Å². The van der Waals surface area contributed by atoms with Crippen molar-refractivity contribution in [1.82, 2.24) is 10.1 Å². The molecule has 0 aromatic carbocycles. The van der Waals surface area contributed by atoms with E-state index in [0.717, 1.165) is 33.9 Å². The lowest BCUT2D eigenvalue weighted by molar-refractivity contribution is -0.153. The van der Waals surface area contributed by atoms with Crippen molar-refractivity contribution in [3.63, 3.8) is 0 Å². The molecule has 6 nitrogen and oxygen atoms in total. The zero-order valence-electron chi connectivity index (χ0n) is 14.0. The maximum absolute atomic E-state index is 12.7. The van der Waals surface area contributed by atoms with E-state index in [0.29, 0.717) is 19.4 Å². The van der Waals surface area contributed by atoms with Gasteiger partial charge >= 0.3 is 5.97 Å². The fourth-order valence-electron chi connectivity index (χ4n) is 3.19. The lowest BCUT2D eigenvalue weighted by Crippen LogP contribution is -2.43. The molecule has 128 valence electrons. The van der Waals surface area contributed by atoms with Crippen LogP contribution in [0.25, 0.3) is 0 Å². The third-order valence-electron chi connectivity index (χ3n) is 4.48. The number of amides is 1. The van der Waals surface area contributed by atoms with E-state index >= 15 is 0 Å². The number of hydrogen-bond acceptors (Lipinski definition) is 6. The van der Waals surface area contributed by atoms with Crippen LogP contribution in [0.1, 0.15) is 39.9 Å². The van der Waals surface area contributed by atoms with Gasteiger partial charge in [0.1, 0.15) is 5.76 Å². The van der Waals surface area contributed by atoms with E-state index in [9.17, 15) is 9.59 Å². The van der Waals surface area contributed by atoms with Gasteiger partial charge in [-0.2, -0.15) is 0 Å². The first kappa shape index (κ1) is 16.7. The van der Waals surface area contributed by atoms with Gasteiger partial charge in [0, 0.05) is 23.4 Å². The summed E-state index contributed by atoms with van der Waals surface area (Å²) in [6, 6.07) is 1.28. The van der Waals surface area contributed by atoms with Crippen molar-refractivity contribution >= 4 is 23.2 Å². The summed E-state index contributed by atoms with van der Waals surface area (Å²) >= 11 is 1.62. The molecular formula is C17H20N2O4S. The second-order valence-electron chi connectivity index (χ2n) is 5.86. The lowest BCUT2D eigenvalue weighted by Gasteiger charge is -2.34. The van der Waals surface area contributed by atoms with E-state index in [1.807, 2.05) is 25.3 Å². The number of hydrogen-bond donors (Lipinski definition) is 0. The standard InChI is InChI=1S/C17H20N2O4S/c1-10-12(11(2)23-18-10)4-5-15(20)19-8-6-14-13(7-9-24-14)16(19)17(21)22-3/h7,9,16H,4-6,8H2,1-3H3. The smallest absolute Gasteiger partial charge is 0.333 e. The molecule has 7 heteroatoms. The molecule has 1 unspecified atom stereocenters. The highest BCUT2D eigenvalue weighted by Gasteiger charge is 2.37. The molecule has 0 fully saturated rings. The summed E-state index contributed by atoms with van der Waals surface area (Å²) in [7, 11) is 1.36. The predicted octanol–water partition coefficient (Wildman–Crippen LogP) is 2.58. The Morgan fingerprint density at radius 3 is 2.92 bits per heavy atom. The van der Waals surface area contributed by atoms with Gasteiger partial charge in [-0.1, -0.05) is 5.16 Å². The SMILES string of the molecule is COC(=O)C1c2ccsc2CCN1C(=O)CCc1c(C)noc1C. The van der Waals surface area contributed by atoms with E-state index in [-0.39, 0.29) is 11.9 Å². The number of aryl methyl sites for hydroxylation is 2. The largest absolute Gasteiger partial charge is 0.467 e. The van der Waals surface area contributed by atoms with Gasteiger partial charge in [-0.25, -0.2) is 4.79 Å². The molecule has 1 aliphatic heterocycles. The molecule has 0 bridgehead atoms. The van der Waals surface area contributed by atoms with Crippen LogP contribution in [0.4, 0.5) is 0 Å². The van der Waals surface area contributed by atoms with Crippen molar-refractivity contribution in [1.29, 1.82) is 0 Å². The molecule has 0 aliphatic carbocycles. The zero-order chi connectivity index (χ0) is 17.3. The average molecular weight is 348 g/mol. The van der Waals surface area contributed by atoms with Gasteiger partial charge in [-0.05, 0) is 43.7 Å². The Morgan fingerprint density at radius 2 is 2.25 bits per heavy atom. The molecule has 24 heavy (non-hydrogen) atoms. The minimum Gasteiger partial charge on any atom is -0.467 e. The number of ether oxygens (including phenoxy) is 1. The highest BCUT2D eigenvalue weighted by molar-refractivity contribution is 7.10. The second kappa shape index (κ2) is 6.76. The Balaban J connectivity index is 1.77. The van der Waals surface area contributed by atoms with Crippen molar-refractivity contribution in [3.8, 4) is 0 Å². The van der Waals surface area contributed by atoms with Crippen LogP contribution in [0, 0.1) is 13.8 Å². The molecule has 2 aromatic rings. The van der Waals surface area contributed by atoms with Crippen LogP contribution in [-0.2, 0) is 27.2 Å². The second-order valence-corrected chi connectivity index (χ2v) is 6.87. The number of carbonyl (C=O) groups excluding carboxylic acids is 2. The highest BCUT2D eigenvalue weighted by Crippen LogP contribution is 2.34. The van der Waals surface area contributed by atoms with Crippen molar-refractivity contribution in [2.24, 2.45) is 0 Å². The van der Waals surface area contributed by atoms with Crippen LogP contribution < -0.4 is 0 Å². The first-order valence-corrected chi connectivity index (χ1v) is 8.76. The molecular weight excluding hydrogens is 328 g/mol. The van der Waals surface area contributed by atoms with Gasteiger partial charge in [0.25, 0.3) is 0 Å². The highest BCUT2D eigenvalue weighted by atomic mass is 32.1. The monoisotopic (exact) mass is 348 g/mol. The molecule has 0 saturated carbocycles. The quantitative estimate of drug-likeness (QED) is 0.794. The van der Waals surface area contributed by atoms with Crippen LogP contribution >= 0.6 is 11.3 Å². The fourth-order valence-corrected chi connectivity index (χ4v) is 4.09. The Labute approximate surface area is 144 Å². The molecule has 0 spiro atoms. The molecule has 1 amide bonds. The molecule has 2 aromatic heterocycles. The van der Waals surface area contributed by atoms with E-state index in [1.165, 1.54) is 7.11 Å². The Kier molecular flexibility index (Phi) is 4.71. The van der Waals surface area contributed by atoms with E-state index < -0.39 is 6.04 Å². The van der Waals surface area contributed by atoms with Crippen LogP contribution in [-0.4, -0.2) is 35.6 Å². The molecule has 3 heterocycles. The molecule has 0 N–H and O–H groups in total. The summed E-state index contributed by atoms with van der Waals surface area (Å²) in [6.07, 6.45) is 1.65. The van der Waals surface area contributed by atoms with Crippen molar-refractivity contribution in [3.05, 3.63) is 38.9 Å². The van der Waals surface area contributed by atoms with Gasteiger partial charge in [0.15, 0.2) is 6.04 Å². The molecule has 3 rings (SSSR count). The molecule has 0 radical (unpaired) electrons. The number of carbonyl (C=O) groups is 2. The first-order chi connectivity index (χ1) is 11.5. The number of methoxy groups -OCH3 is 1. The normalized spacial score (nSPS) is 16.8. The summed E-state index contributed by atoms with van der Waals surface area (Å²) in [6.45, 7) is 4.25. The lowest BCUT2D eigenvalue weighted by atomic mass is 9.98. The number of rotatable bonds is 4. The maximum Gasteiger partial charge on any atom is 0.333 e. The van der Waals surface area contributed by atoms with Gasteiger partial charge in [0.2, 0.25) is 5.91 Å². The van der Waals surface area contributed by atoms with Gasteiger partial charge in [-0.3, -0.25) is 4.79 Å². The summed E-state index contributed by atoms with van der Waals surface area (Å²) < 4.78 is 10.1. The fraction of sp³-hybridized carbons (Fsp3) is 0.471. The first-order valence-electron chi connectivity index (χ1n) is 7.88. The van der Waals surface area contributed by atoms with E-state index in [1.54, 1.807) is 16.2 Å². The zero-order valence-corrected chi connectivity index (χ0v) is 14.8. The van der Waals surface area contributed by atoms with Crippen LogP contribution in [0.2, 0.25) is 0 Å². The summed E-state index contributed by atoms with van der Waals surface area (Å²) in [4.78, 5) is 27.8. The minimum absolute atomic E-state index is 0.0535. The number of fused-ring (bicyclic) bond motifs is 1. The number of aromatic nitrogens is 1. The van der Waals surface area contributed by atoms with Crippen molar-refractivity contribution in [2.75, 3.05) is 13.7 Å². The number of nitrogens with zero attached hydrogens (tertiary/aromatic N) is 2. The third kappa shape index (κ3) is 2.96. The van der Waals surface area contributed by atoms with Gasteiger partial charge in [0.05, 0.1) is 12.8 Å². The Bertz CT molecular complexity index is 745. The molecule has 1 aliphatic rings. The van der Waals surface area contributed by atoms with Crippen LogP contribution in [0.5, 0.6) is 0 Å². The minimum atomic E-state index is -0.637. The maximum atomic E-state index is 12.7.